The number of methoxy groups -OCH3 is 2. The Kier molecular flexibility index (Phi) is 5.19. The second-order valence-corrected chi connectivity index (χ2v) is 4.51. The molecule has 8 heteroatoms. The Balaban J connectivity index is 2.23. The van der Waals surface area contributed by atoms with Crippen molar-refractivity contribution in [2.45, 2.75) is 0 Å². The molecule has 23 heavy (non-hydrogen) atoms. The van der Waals surface area contributed by atoms with Gasteiger partial charge in [0.05, 0.1) is 26.8 Å². The van der Waals surface area contributed by atoms with Crippen LogP contribution in [-0.2, 0) is 23.8 Å². The monoisotopic (exact) mass is 320 g/mol. The lowest BCUT2D eigenvalue weighted by Gasteiger charge is -2.15. The van der Waals surface area contributed by atoms with Crippen molar-refractivity contribution >= 4 is 29.4 Å². The maximum absolute atomic E-state index is 11.7. The van der Waals surface area contributed by atoms with E-state index in [0.717, 1.165) is 6.08 Å². The van der Waals surface area contributed by atoms with Crippen LogP contribution in [0.4, 0.5) is 16.2 Å². The zero-order valence-corrected chi connectivity index (χ0v) is 12.7. The van der Waals surface area contributed by atoms with Crippen LogP contribution in [0, 0.1) is 0 Å². The van der Waals surface area contributed by atoms with Crippen molar-refractivity contribution in [2.24, 2.45) is 0 Å². The van der Waals surface area contributed by atoms with Crippen molar-refractivity contribution in [1.29, 1.82) is 0 Å². The van der Waals surface area contributed by atoms with E-state index in [9.17, 15) is 14.4 Å². The molecule has 1 fully saturated rings. The molecule has 0 aliphatic carbocycles. The summed E-state index contributed by atoms with van der Waals surface area (Å²) >= 11 is 0. The van der Waals surface area contributed by atoms with Crippen LogP contribution in [0.1, 0.15) is 0 Å². The highest BCUT2D eigenvalue weighted by atomic mass is 16.6. The summed E-state index contributed by atoms with van der Waals surface area (Å²) in [6.07, 6.45) is 0.559. The Bertz CT molecular complexity index is 655. The minimum Gasteiger partial charge on any atom is -0.466 e. The smallest absolute Gasteiger partial charge is 0.414 e. The summed E-state index contributed by atoms with van der Waals surface area (Å²) in [6, 6.07) is 6.77. The van der Waals surface area contributed by atoms with Gasteiger partial charge in [0.25, 0.3) is 0 Å². The van der Waals surface area contributed by atoms with Crippen LogP contribution < -0.4 is 10.2 Å². The van der Waals surface area contributed by atoms with E-state index in [1.54, 1.807) is 24.3 Å². The number of esters is 2. The maximum atomic E-state index is 11.7. The van der Waals surface area contributed by atoms with Gasteiger partial charge in [-0.15, -0.1) is 0 Å². The molecule has 1 aliphatic heterocycles. The lowest BCUT2D eigenvalue weighted by atomic mass is 10.2. The fourth-order valence-electron chi connectivity index (χ4n) is 1.97. The first-order valence-electron chi connectivity index (χ1n) is 6.74. The minimum atomic E-state index is -0.721. The number of rotatable bonds is 5. The molecular formula is C15H16N2O6. The minimum absolute atomic E-state index is 0.0829. The second-order valence-electron chi connectivity index (χ2n) is 4.51. The van der Waals surface area contributed by atoms with Gasteiger partial charge in [-0.2, -0.15) is 0 Å². The zero-order chi connectivity index (χ0) is 16.8. The first kappa shape index (κ1) is 16.3. The van der Waals surface area contributed by atoms with Gasteiger partial charge in [-0.3, -0.25) is 4.90 Å². The Labute approximate surface area is 132 Å². The van der Waals surface area contributed by atoms with Gasteiger partial charge in [0.2, 0.25) is 0 Å². The van der Waals surface area contributed by atoms with Crippen molar-refractivity contribution < 1.29 is 28.6 Å². The first-order valence-corrected chi connectivity index (χ1v) is 6.74. The highest BCUT2D eigenvalue weighted by molar-refractivity contribution is 5.99. The van der Waals surface area contributed by atoms with Crippen molar-refractivity contribution in [3.63, 3.8) is 0 Å². The molecule has 8 nitrogen and oxygen atoms in total. The average molecular weight is 320 g/mol. The molecule has 0 unspecified atom stereocenters. The van der Waals surface area contributed by atoms with Crippen molar-refractivity contribution in [3.05, 3.63) is 36.0 Å². The van der Waals surface area contributed by atoms with Crippen LogP contribution in [0.15, 0.2) is 36.0 Å². The first-order chi connectivity index (χ1) is 11.0. The Hall–Kier alpha value is -3.03. The standard InChI is InChI=1S/C15H16N2O6/c1-21-13(18)9-12(14(19)22-2)16-10-4-3-5-11(8-10)17-6-7-23-15(17)20/h3-5,8-9,16H,6-7H2,1-2H3/b12-9+. The molecule has 0 radical (unpaired) electrons. The van der Waals surface area contributed by atoms with E-state index >= 15 is 0 Å². The van der Waals surface area contributed by atoms with Gasteiger partial charge < -0.3 is 19.5 Å². The number of nitrogens with one attached hydrogen (secondary N) is 1. The summed E-state index contributed by atoms with van der Waals surface area (Å²) in [5, 5.41) is 2.78. The molecule has 122 valence electrons. The molecule has 1 saturated heterocycles. The highest BCUT2D eigenvalue weighted by Crippen LogP contribution is 2.23. The molecule has 0 bridgehead atoms. The van der Waals surface area contributed by atoms with Crippen LogP contribution in [0.25, 0.3) is 0 Å². The van der Waals surface area contributed by atoms with Gasteiger partial charge in [-0.1, -0.05) is 6.07 Å². The SMILES string of the molecule is COC(=O)/C=C(/Nc1cccc(N2CCOC2=O)c1)C(=O)OC. The van der Waals surface area contributed by atoms with E-state index in [1.165, 1.54) is 19.1 Å². The topological polar surface area (TPSA) is 94.2 Å². The molecule has 1 aromatic carbocycles. The Morgan fingerprint density at radius 1 is 1.30 bits per heavy atom. The molecule has 0 aromatic heterocycles. The molecule has 1 heterocycles. The van der Waals surface area contributed by atoms with E-state index in [2.05, 4.69) is 14.8 Å². The summed E-state index contributed by atoms with van der Waals surface area (Å²) in [4.78, 5) is 36.1. The number of benzene rings is 1. The summed E-state index contributed by atoms with van der Waals surface area (Å²) in [6.45, 7) is 0.774. The molecule has 1 aromatic rings. The largest absolute Gasteiger partial charge is 0.466 e. The van der Waals surface area contributed by atoms with Crippen LogP contribution in [0.2, 0.25) is 0 Å². The van der Waals surface area contributed by atoms with Gasteiger partial charge in [-0.25, -0.2) is 14.4 Å². The van der Waals surface area contributed by atoms with Gasteiger partial charge in [0.1, 0.15) is 12.3 Å². The van der Waals surface area contributed by atoms with Crippen LogP contribution >= 0.6 is 0 Å². The molecule has 1 amide bonds. The number of anilines is 2. The van der Waals surface area contributed by atoms with E-state index in [-0.39, 0.29) is 5.70 Å². The van der Waals surface area contributed by atoms with E-state index in [4.69, 9.17) is 4.74 Å². The van der Waals surface area contributed by atoms with Gasteiger partial charge in [-0.05, 0) is 18.2 Å². The molecule has 1 aliphatic rings. The highest BCUT2D eigenvalue weighted by Gasteiger charge is 2.23. The molecule has 0 atom stereocenters. The number of amides is 1. The normalized spacial score (nSPS) is 14.3. The third-order valence-electron chi connectivity index (χ3n) is 3.07. The number of carbonyl (C=O) groups is 3. The van der Waals surface area contributed by atoms with Crippen molar-refractivity contribution in [3.8, 4) is 0 Å². The van der Waals surface area contributed by atoms with Gasteiger partial charge in [0.15, 0.2) is 0 Å². The van der Waals surface area contributed by atoms with Gasteiger partial charge in [0, 0.05) is 11.4 Å². The summed E-state index contributed by atoms with van der Waals surface area (Å²) in [5.74, 6) is -1.42. The number of hydrogen-bond acceptors (Lipinski definition) is 7. The quantitative estimate of drug-likeness (QED) is 0.496. The summed E-state index contributed by atoms with van der Waals surface area (Å²) < 4.78 is 14.0. The predicted molar refractivity (Wildman–Crippen MR) is 80.9 cm³/mol. The lowest BCUT2D eigenvalue weighted by molar-refractivity contribution is -0.138. The number of carbonyl (C=O) groups excluding carboxylic acids is 3. The maximum Gasteiger partial charge on any atom is 0.414 e. The van der Waals surface area contributed by atoms with Crippen LogP contribution in [0.5, 0.6) is 0 Å². The fourth-order valence-corrected chi connectivity index (χ4v) is 1.97. The third-order valence-corrected chi connectivity index (χ3v) is 3.07. The number of ether oxygens (including phenoxy) is 3. The van der Waals surface area contributed by atoms with Crippen LogP contribution in [0.3, 0.4) is 0 Å². The van der Waals surface area contributed by atoms with E-state index < -0.39 is 18.0 Å². The summed E-state index contributed by atoms with van der Waals surface area (Å²) in [5.41, 5.74) is 1.03. The fraction of sp³-hybridized carbons (Fsp3) is 0.267. The lowest BCUT2D eigenvalue weighted by Crippen LogP contribution is -2.23. The molecule has 2 rings (SSSR count). The zero-order valence-electron chi connectivity index (χ0n) is 12.7. The third kappa shape index (κ3) is 4.00. The predicted octanol–water partition coefficient (Wildman–Crippen LogP) is 1.28. The average Bonchev–Trinajstić information content (AvgIpc) is 2.99. The Morgan fingerprint density at radius 3 is 2.70 bits per heavy atom. The van der Waals surface area contributed by atoms with Crippen molar-refractivity contribution in [2.75, 3.05) is 37.6 Å². The summed E-state index contributed by atoms with van der Waals surface area (Å²) in [7, 11) is 2.40. The second kappa shape index (κ2) is 7.30. The molecule has 1 N–H and O–H groups in total. The molecule has 0 spiro atoms. The van der Waals surface area contributed by atoms with E-state index in [0.29, 0.717) is 24.5 Å². The number of cyclic esters (lactones) is 1. The molecular weight excluding hydrogens is 304 g/mol. The van der Waals surface area contributed by atoms with Crippen LogP contribution in [-0.4, -0.2) is 45.4 Å². The van der Waals surface area contributed by atoms with Crippen molar-refractivity contribution in [1.82, 2.24) is 0 Å². The number of hydrogen-bond donors (Lipinski definition) is 1. The van der Waals surface area contributed by atoms with Gasteiger partial charge >= 0.3 is 18.0 Å². The molecule has 0 saturated carbocycles. The van der Waals surface area contributed by atoms with E-state index in [1.807, 2.05) is 0 Å². The number of nitrogens with zero attached hydrogens (tertiary/aromatic N) is 1. The Morgan fingerprint density at radius 2 is 2.09 bits per heavy atom.